The monoisotopic (exact) mass is 350 g/mol. The van der Waals surface area contributed by atoms with Crippen molar-refractivity contribution in [1.29, 1.82) is 0 Å². The normalized spacial score (nSPS) is 10.7. The molecule has 0 unspecified atom stereocenters. The number of carbonyl (C=O) groups excluding carboxylic acids is 1. The molecule has 0 bridgehead atoms. The number of Topliss-reactive ketones (excluding diaryl/α,β-unsaturated/α-hetero) is 1. The number of benzene rings is 1. The summed E-state index contributed by atoms with van der Waals surface area (Å²) >= 11 is 3.54. The van der Waals surface area contributed by atoms with E-state index >= 15 is 0 Å². The molecule has 0 spiro atoms. The molecule has 1 aromatic carbocycles. The molecule has 0 N–H and O–H groups in total. The van der Waals surface area contributed by atoms with Crippen LogP contribution in [0.1, 0.15) is 23.9 Å². The third kappa shape index (κ3) is 3.53. The Hall–Kier alpha value is -1.62. The molecule has 5 heteroatoms. The zero-order chi connectivity index (χ0) is 15.4. The fraction of sp³-hybridized carbons (Fsp3) is 0.375. The van der Waals surface area contributed by atoms with E-state index in [9.17, 15) is 4.79 Å². The predicted molar refractivity (Wildman–Crippen MR) is 85.7 cm³/mol. The van der Waals surface area contributed by atoms with Crippen molar-refractivity contribution in [3.8, 4) is 5.75 Å². The molecule has 0 saturated heterocycles. The number of aryl methyl sites for hydroxylation is 2. The Labute approximate surface area is 133 Å². The van der Waals surface area contributed by atoms with E-state index in [2.05, 4.69) is 21.0 Å². The summed E-state index contributed by atoms with van der Waals surface area (Å²) in [5.41, 5.74) is 2.82. The third-order valence-electron chi connectivity index (χ3n) is 3.45. The van der Waals surface area contributed by atoms with Crippen LogP contribution in [0.4, 0.5) is 0 Å². The zero-order valence-electron chi connectivity index (χ0n) is 12.5. The molecule has 0 aliphatic rings. The first-order valence-corrected chi connectivity index (χ1v) is 7.70. The minimum absolute atomic E-state index is 0.144. The van der Waals surface area contributed by atoms with Gasteiger partial charge in [-0.15, -0.1) is 0 Å². The number of hydrogen-bond acceptors (Lipinski definition) is 3. The van der Waals surface area contributed by atoms with Crippen LogP contribution in [0.2, 0.25) is 0 Å². The molecule has 0 radical (unpaired) electrons. The van der Waals surface area contributed by atoms with Gasteiger partial charge in [0.2, 0.25) is 0 Å². The maximum atomic E-state index is 12.3. The summed E-state index contributed by atoms with van der Waals surface area (Å²) in [4.78, 5) is 12.3. The topological polar surface area (TPSA) is 44.1 Å². The maximum Gasteiger partial charge on any atom is 0.143 e. The minimum Gasteiger partial charge on any atom is -0.496 e. The fourth-order valence-corrected chi connectivity index (χ4v) is 3.08. The maximum absolute atomic E-state index is 12.3. The van der Waals surface area contributed by atoms with Crippen molar-refractivity contribution < 1.29 is 9.53 Å². The molecule has 0 atom stereocenters. The largest absolute Gasteiger partial charge is 0.496 e. The minimum atomic E-state index is 0.144. The van der Waals surface area contributed by atoms with Crippen molar-refractivity contribution in [3.63, 3.8) is 0 Å². The summed E-state index contributed by atoms with van der Waals surface area (Å²) in [7, 11) is 3.49. The van der Waals surface area contributed by atoms with E-state index in [4.69, 9.17) is 4.74 Å². The van der Waals surface area contributed by atoms with Crippen LogP contribution in [0.5, 0.6) is 5.75 Å². The molecule has 4 nitrogen and oxygen atoms in total. The van der Waals surface area contributed by atoms with Gasteiger partial charge >= 0.3 is 0 Å². The lowest BCUT2D eigenvalue weighted by atomic mass is 10.0. The molecule has 0 aliphatic heterocycles. The quantitative estimate of drug-likeness (QED) is 0.803. The van der Waals surface area contributed by atoms with Crippen molar-refractivity contribution in [2.75, 3.05) is 7.11 Å². The number of halogens is 1. The molecule has 0 saturated carbocycles. The van der Waals surface area contributed by atoms with E-state index < -0.39 is 0 Å². The number of carbonyl (C=O) groups is 1. The molecular weight excluding hydrogens is 332 g/mol. The van der Waals surface area contributed by atoms with Crippen LogP contribution in [0.3, 0.4) is 0 Å². The highest BCUT2D eigenvalue weighted by Gasteiger charge is 2.16. The molecule has 1 aromatic heterocycles. The first-order valence-electron chi connectivity index (χ1n) is 6.90. The second-order valence-electron chi connectivity index (χ2n) is 4.89. The highest BCUT2D eigenvalue weighted by molar-refractivity contribution is 9.10. The summed E-state index contributed by atoms with van der Waals surface area (Å²) < 4.78 is 8.01. The fourth-order valence-electron chi connectivity index (χ4n) is 2.32. The van der Waals surface area contributed by atoms with Crippen molar-refractivity contribution in [2.24, 2.45) is 7.05 Å². The molecule has 112 valence electrons. The molecule has 0 amide bonds. The van der Waals surface area contributed by atoms with E-state index in [0.29, 0.717) is 12.8 Å². The highest BCUT2D eigenvalue weighted by atomic mass is 79.9. The number of aromatic nitrogens is 2. The number of ether oxygens (including phenoxy) is 1. The highest BCUT2D eigenvalue weighted by Crippen LogP contribution is 2.23. The van der Waals surface area contributed by atoms with Gasteiger partial charge in [-0.2, -0.15) is 5.10 Å². The van der Waals surface area contributed by atoms with E-state index in [0.717, 1.165) is 33.6 Å². The Balaban J connectivity index is 2.14. The van der Waals surface area contributed by atoms with Crippen LogP contribution in [0.25, 0.3) is 0 Å². The van der Waals surface area contributed by atoms with Gasteiger partial charge in [-0.3, -0.25) is 9.48 Å². The van der Waals surface area contributed by atoms with Crippen LogP contribution in [-0.2, 0) is 31.1 Å². The molecule has 21 heavy (non-hydrogen) atoms. The number of methoxy groups -OCH3 is 1. The average molecular weight is 351 g/mol. The van der Waals surface area contributed by atoms with Crippen LogP contribution >= 0.6 is 15.9 Å². The second kappa shape index (κ2) is 6.89. The first-order chi connectivity index (χ1) is 10.1. The standard InChI is InChI=1S/C16H19BrN2O2/c1-4-13-16(17)14(19(2)18-13)10-12(20)9-11-7-5-6-8-15(11)21-3/h5-8H,4,9-10H2,1-3H3. The van der Waals surface area contributed by atoms with Gasteiger partial charge in [0, 0.05) is 25.5 Å². The Morgan fingerprint density at radius 2 is 2.05 bits per heavy atom. The molecule has 2 aromatic rings. The predicted octanol–water partition coefficient (Wildman–Crippen LogP) is 3.11. The summed E-state index contributed by atoms with van der Waals surface area (Å²) in [6.45, 7) is 2.05. The Bertz CT molecular complexity index is 650. The van der Waals surface area contributed by atoms with Gasteiger partial charge < -0.3 is 4.74 Å². The Kier molecular flexibility index (Phi) is 5.17. The number of rotatable bonds is 6. The van der Waals surface area contributed by atoms with Gasteiger partial charge in [-0.05, 0) is 28.4 Å². The van der Waals surface area contributed by atoms with E-state index in [1.165, 1.54) is 0 Å². The number of ketones is 1. The average Bonchev–Trinajstić information content (AvgIpc) is 2.75. The lowest BCUT2D eigenvalue weighted by Crippen LogP contribution is -2.11. The van der Waals surface area contributed by atoms with Crippen LogP contribution < -0.4 is 4.74 Å². The van der Waals surface area contributed by atoms with Crippen LogP contribution in [0.15, 0.2) is 28.7 Å². The van der Waals surface area contributed by atoms with Crippen molar-refractivity contribution in [1.82, 2.24) is 9.78 Å². The SMILES string of the molecule is CCc1nn(C)c(CC(=O)Cc2ccccc2OC)c1Br. The first kappa shape index (κ1) is 15.8. The summed E-state index contributed by atoms with van der Waals surface area (Å²) in [6.07, 6.45) is 1.57. The Morgan fingerprint density at radius 3 is 2.67 bits per heavy atom. The van der Waals surface area contributed by atoms with Crippen molar-refractivity contribution in [2.45, 2.75) is 26.2 Å². The number of hydrogen-bond donors (Lipinski definition) is 0. The summed E-state index contributed by atoms with van der Waals surface area (Å²) in [5.74, 6) is 0.898. The number of para-hydroxylation sites is 1. The third-order valence-corrected chi connectivity index (χ3v) is 4.36. The summed E-state index contributed by atoms with van der Waals surface area (Å²) in [6, 6.07) is 7.61. The molecule has 0 fully saturated rings. The molecule has 1 heterocycles. The van der Waals surface area contributed by atoms with E-state index in [1.807, 2.05) is 38.2 Å². The molecule has 2 rings (SSSR count). The van der Waals surface area contributed by atoms with E-state index in [1.54, 1.807) is 11.8 Å². The number of nitrogens with zero attached hydrogens (tertiary/aromatic N) is 2. The van der Waals surface area contributed by atoms with Crippen LogP contribution in [0, 0.1) is 0 Å². The molecule has 0 aliphatic carbocycles. The smallest absolute Gasteiger partial charge is 0.143 e. The van der Waals surface area contributed by atoms with Gasteiger partial charge in [0.05, 0.1) is 23.0 Å². The Morgan fingerprint density at radius 1 is 1.33 bits per heavy atom. The van der Waals surface area contributed by atoms with Gasteiger partial charge in [0.15, 0.2) is 0 Å². The lowest BCUT2D eigenvalue weighted by molar-refractivity contribution is -0.117. The summed E-state index contributed by atoms with van der Waals surface area (Å²) in [5, 5.41) is 4.42. The lowest BCUT2D eigenvalue weighted by Gasteiger charge is -2.08. The van der Waals surface area contributed by atoms with Crippen molar-refractivity contribution >= 4 is 21.7 Å². The van der Waals surface area contributed by atoms with E-state index in [-0.39, 0.29) is 5.78 Å². The van der Waals surface area contributed by atoms with Crippen molar-refractivity contribution in [3.05, 3.63) is 45.7 Å². The zero-order valence-corrected chi connectivity index (χ0v) is 14.1. The van der Waals surface area contributed by atoms with Gasteiger partial charge in [0.1, 0.15) is 11.5 Å². The van der Waals surface area contributed by atoms with Crippen LogP contribution in [-0.4, -0.2) is 22.7 Å². The second-order valence-corrected chi connectivity index (χ2v) is 5.68. The van der Waals surface area contributed by atoms with Gasteiger partial charge in [0.25, 0.3) is 0 Å². The van der Waals surface area contributed by atoms with Gasteiger partial charge in [-0.25, -0.2) is 0 Å². The molecular formula is C16H19BrN2O2. The van der Waals surface area contributed by atoms with Gasteiger partial charge in [-0.1, -0.05) is 25.1 Å².